The minimum absolute atomic E-state index is 0.0214. The lowest BCUT2D eigenvalue weighted by molar-refractivity contribution is -0.142. The number of phenolic OH excluding ortho intramolecular Hbond substituents is 1. The lowest BCUT2D eigenvalue weighted by Crippen LogP contribution is -2.57. The van der Waals surface area contributed by atoms with Gasteiger partial charge in [0.15, 0.2) is 17.5 Å². The minimum Gasteiger partial charge on any atom is -0.508 e. The molecule has 1 saturated carbocycles. The van der Waals surface area contributed by atoms with Gasteiger partial charge in [-0.25, -0.2) is 4.79 Å². The van der Waals surface area contributed by atoms with Gasteiger partial charge in [-0.15, -0.1) is 0 Å². The Morgan fingerprint density at radius 2 is 1.49 bits per heavy atom. The molecule has 0 radical (unpaired) electrons. The summed E-state index contributed by atoms with van der Waals surface area (Å²) in [5, 5.41) is 48.5. The zero-order chi connectivity index (χ0) is 64.6. The molecule has 3 aromatic rings. The number of benzene rings is 2. The highest BCUT2D eigenvalue weighted by molar-refractivity contribution is 5.98. The number of likely N-dealkylation sites (tertiary alicyclic amines) is 1. The van der Waals surface area contributed by atoms with E-state index in [1.54, 1.807) is 30.5 Å². The summed E-state index contributed by atoms with van der Waals surface area (Å²) in [5.41, 5.74) is 19.3. The molecule has 1 saturated heterocycles. The minimum atomic E-state index is -1.56. The largest absolute Gasteiger partial charge is 0.508 e. The van der Waals surface area contributed by atoms with E-state index in [2.05, 4.69) is 41.9 Å². The number of hydrogen-bond acceptors (Lipinski definition) is 14. The third-order valence-corrected chi connectivity index (χ3v) is 16.4. The van der Waals surface area contributed by atoms with E-state index < -0.39 is 120 Å². The number of carbonyl (C=O) groups is 10. The highest BCUT2D eigenvalue weighted by Crippen LogP contribution is 2.29. The number of amides is 8. The van der Waals surface area contributed by atoms with Crippen LogP contribution >= 0.6 is 0 Å². The first kappa shape index (κ1) is 70.6. The number of guanidine groups is 1. The number of aromatic hydroxyl groups is 1. The second-order valence-electron chi connectivity index (χ2n) is 23.9. The number of β-amino-alcohol motifs (C(OH)–C–C–N with tert-alkyl or cyclic N) is 1. The van der Waals surface area contributed by atoms with Crippen LogP contribution in [0.5, 0.6) is 5.75 Å². The Morgan fingerprint density at radius 3 is 2.14 bits per heavy atom. The number of hydrogen-bond donors (Lipinski definition) is 13. The van der Waals surface area contributed by atoms with E-state index in [9.17, 15) is 63.3 Å². The van der Waals surface area contributed by atoms with Crippen molar-refractivity contribution in [2.45, 2.75) is 173 Å². The number of aliphatic hydroxyl groups excluding tert-OH is 2. The number of allylic oxidation sites excluding steroid dienone is 2. The molecule has 2 heterocycles. The van der Waals surface area contributed by atoms with Crippen molar-refractivity contribution in [2.24, 2.45) is 51.8 Å². The van der Waals surface area contributed by atoms with Crippen LogP contribution in [0.1, 0.15) is 129 Å². The number of ketones is 3. The van der Waals surface area contributed by atoms with Crippen LogP contribution in [0.3, 0.4) is 0 Å². The second kappa shape index (κ2) is 35.0. The van der Waals surface area contributed by atoms with Crippen LogP contribution in [0.2, 0.25) is 0 Å². The number of carbonyl (C=O) groups excluding carboxylic acids is 10. The molecule has 8 amide bonds. The van der Waals surface area contributed by atoms with Crippen LogP contribution < -0.4 is 49.1 Å². The number of para-hydroxylation sites is 1. The molecule has 2 fully saturated rings. The number of Topliss-reactive ketones (excluding diaryl/α,β-unsaturated/α-hetero) is 3. The van der Waals surface area contributed by atoms with Gasteiger partial charge in [0, 0.05) is 101 Å². The maximum atomic E-state index is 14.3. The predicted octanol–water partition coefficient (Wildman–Crippen LogP) is 2.12. The van der Waals surface area contributed by atoms with Crippen molar-refractivity contribution in [1.29, 1.82) is 0 Å². The summed E-state index contributed by atoms with van der Waals surface area (Å²) in [7, 11) is 1.53. The summed E-state index contributed by atoms with van der Waals surface area (Å²) >= 11 is 0. The first-order valence-electron chi connectivity index (χ1n) is 30.5. The number of nitrogens with zero attached hydrogens (tertiary/aromatic N) is 2. The first-order chi connectivity index (χ1) is 41.8. The average Bonchev–Trinajstić information content (AvgIpc) is 2.28. The fraction of sp³-hybridized carbons (Fsp3) is 0.571. The van der Waals surface area contributed by atoms with E-state index in [0.29, 0.717) is 31.4 Å². The van der Waals surface area contributed by atoms with Gasteiger partial charge < -0.3 is 74.3 Å². The summed E-state index contributed by atoms with van der Waals surface area (Å²) < 4.78 is 0. The molecule has 25 heteroatoms. The number of aliphatic hydroxyl groups is 2. The SMILES string of the molecule is CN=C(N)NCCC[C@H](CC(=O)[C@@H](/C=C/CCC(=O)[C@H](CC1CCCCC1)NC(=O)[C@@H](CC(=O)[C@H](CNC(N)=O)NC(=O)[C@@H]1C[C@@H](O)CN1C(=O)[C@@H](Cc1ccc(O)cc1)NC(C)=O)[C@@H](C)O)CC(C)C)C(=O)N[C@@H](Cc1c[nH]c2ccccc12)C(N)=O. The van der Waals surface area contributed by atoms with E-state index in [-0.39, 0.29) is 86.6 Å². The van der Waals surface area contributed by atoms with Crippen LogP contribution in [-0.4, -0.2) is 159 Å². The molecular weight excluding hydrogens is 1130 g/mol. The van der Waals surface area contributed by atoms with Crippen molar-refractivity contribution in [3.63, 3.8) is 0 Å². The summed E-state index contributed by atoms with van der Waals surface area (Å²) in [6, 6.07) is 6.20. The van der Waals surface area contributed by atoms with Gasteiger partial charge in [-0.05, 0) is 80.2 Å². The molecule has 1 aliphatic heterocycles. The number of phenols is 1. The zero-order valence-corrected chi connectivity index (χ0v) is 51.3. The number of rotatable bonds is 35. The maximum Gasteiger partial charge on any atom is 0.312 e. The van der Waals surface area contributed by atoms with Crippen LogP contribution in [0.15, 0.2) is 71.9 Å². The third-order valence-electron chi connectivity index (χ3n) is 16.4. The van der Waals surface area contributed by atoms with Gasteiger partial charge in [-0.2, -0.15) is 0 Å². The van der Waals surface area contributed by atoms with Gasteiger partial charge in [-0.3, -0.25) is 48.1 Å². The fourth-order valence-corrected chi connectivity index (χ4v) is 11.6. The first-order valence-corrected chi connectivity index (χ1v) is 30.5. The number of primary amides is 2. The quantitative estimate of drug-likeness (QED) is 0.0174. The number of H-pyrrole nitrogens is 1. The zero-order valence-electron chi connectivity index (χ0n) is 51.3. The summed E-state index contributed by atoms with van der Waals surface area (Å²) in [6.45, 7) is 5.94. The molecule has 2 aliphatic rings. The number of aromatic nitrogens is 1. The van der Waals surface area contributed by atoms with Crippen LogP contribution in [0.4, 0.5) is 4.79 Å². The van der Waals surface area contributed by atoms with Gasteiger partial charge in [0.1, 0.15) is 35.7 Å². The Kier molecular flexibility index (Phi) is 28.0. The van der Waals surface area contributed by atoms with Crippen LogP contribution in [-0.2, 0) is 56.0 Å². The normalized spacial score (nSPS) is 18.3. The molecule has 88 heavy (non-hydrogen) atoms. The molecule has 0 spiro atoms. The summed E-state index contributed by atoms with van der Waals surface area (Å²) in [4.78, 5) is 145. The van der Waals surface area contributed by atoms with Crippen molar-refractivity contribution in [3.8, 4) is 5.75 Å². The fourth-order valence-electron chi connectivity index (χ4n) is 11.6. The van der Waals surface area contributed by atoms with Crippen molar-refractivity contribution in [2.75, 3.05) is 26.7 Å². The molecule has 25 nitrogen and oxygen atoms in total. The summed E-state index contributed by atoms with van der Waals surface area (Å²) in [6.07, 6.45) is 7.70. The Labute approximate surface area is 514 Å². The molecule has 1 aliphatic carbocycles. The number of urea groups is 1. The van der Waals surface area contributed by atoms with E-state index in [1.165, 1.54) is 33.0 Å². The Morgan fingerprint density at radius 1 is 0.795 bits per heavy atom. The molecule has 5 rings (SSSR count). The van der Waals surface area contributed by atoms with E-state index in [4.69, 9.17) is 17.2 Å². The van der Waals surface area contributed by atoms with E-state index >= 15 is 0 Å². The molecule has 482 valence electrons. The van der Waals surface area contributed by atoms with Crippen LogP contribution in [0.25, 0.3) is 10.9 Å². The topological polar surface area (TPSA) is 413 Å². The predicted molar refractivity (Wildman–Crippen MR) is 330 cm³/mol. The third kappa shape index (κ3) is 22.5. The Balaban J connectivity index is 1.28. The van der Waals surface area contributed by atoms with Gasteiger partial charge >= 0.3 is 6.03 Å². The molecule has 1 aromatic heterocycles. The lowest BCUT2D eigenvalue weighted by atomic mass is 9.83. The summed E-state index contributed by atoms with van der Waals surface area (Å²) in [5.74, 6) is -8.19. The van der Waals surface area contributed by atoms with Gasteiger partial charge in [0.25, 0.3) is 0 Å². The number of aliphatic imine (C=N–C) groups is 1. The molecule has 10 atom stereocenters. The molecule has 0 unspecified atom stereocenters. The highest BCUT2D eigenvalue weighted by atomic mass is 16.3. The van der Waals surface area contributed by atoms with Crippen molar-refractivity contribution in [1.82, 2.24) is 41.8 Å². The van der Waals surface area contributed by atoms with Gasteiger partial charge in [0.2, 0.25) is 35.4 Å². The molecule has 16 N–H and O–H groups in total. The second-order valence-corrected chi connectivity index (χ2v) is 23.9. The van der Waals surface area contributed by atoms with Crippen molar-refractivity contribution in [3.05, 3.63) is 78.0 Å². The number of fused-ring (bicyclic) bond motifs is 1. The van der Waals surface area contributed by atoms with Crippen molar-refractivity contribution >= 4 is 75.7 Å². The van der Waals surface area contributed by atoms with Crippen molar-refractivity contribution < 1.29 is 63.3 Å². The van der Waals surface area contributed by atoms with E-state index in [0.717, 1.165) is 53.5 Å². The lowest BCUT2D eigenvalue weighted by Gasteiger charge is -2.30. The number of nitrogens with one attached hydrogen (secondary N) is 7. The standard InChI is InChI=1S/C63H92N12O13/c1-36(2)26-41(55(81)30-42(17-13-25-68-62(65)67-5)58(84)73-50(57(64)83)29-43-33-69-48-19-11-10-18-46(43)48)16-9-12-20-54(80)49(27-39-14-7-6-8-15-39)72-59(85)47(37(3)76)32-56(82)52(34-70-63(66)88)74-60(86)53-31-45(79)35-75(53)61(87)51(71-38(4)77)28-40-21-23-44(78)24-22-40/h9-11,16,18-19,21-24,33,36-37,39,41-42,45,47,49-53,69,76,78-79H,6-8,12-15,17,20,25-32,34-35H2,1-5H3,(H2,64,83)(H,71,77)(H,72,85)(H,73,84)(H,74,86)(H3,65,67,68)(H3,66,70,88)/b16-9+/t37-,41+,42-,45-,47+,49+,50+,51-,52+,53+/m1/s1. The smallest absolute Gasteiger partial charge is 0.312 e. The number of aromatic amines is 1. The highest BCUT2D eigenvalue weighted by Gasteiger charge is 2.43. The van der Waals surface area contributed by atoms with Gasteiger partial charge in [-0.1, -0.05) is 88.4 Å². The number of nitrogens with two attached hydrogens (primary N) is 3. The molecule has 0 bridgehead atoms. The van der Waals surface area contributed by atoms with Crippen LogP contribution in [0, 0.1) is 29.6 Å². The Hall–Kier alpha value is -8.19. The van der Waals surface area contributed by atoms with E-state index in [1.807, 2.05) is 38.1 Å². The molecular formula is C63H92N12O13. The Bertz CT molecular complexity index is 2940. The van der Waals surface area contributed by atoms with Gasteiger partial charge in [0.05, 0.1) is 24.2 Å². The monoisotopic (exact) mass is 1220 g/mol. The average molecular weight is 1230 g/mol. The maximum absolute atomic E-state index is 14.3. The molecule has 2 aromatic carbocycles.